The van der Waals surface area contributed by atoms with E-state index in [1.54, 1.807) is 0 Å². The first-order valence-corrected chi connectivity index (χ1v) is 7.29. The van der Waals surface area contributed by atoms with Gasteiger partial charge >= 0.3 is 5.97 Å². The maximum absolute atomic E-state index is 11.3. The molecule has 0 unspecified atom stereocenters. The lowest BCUT2D eigenvalue weighted by Gasteiger charge is -2.30. The monoisotopic (exact) mass is 276 g/mol. The second kappa shape index (κ2) is 7.29. The molecule has 1 heterocycles. The van der Waals surface area contributed by atoms with E-state index in [0.717, 1.165) is 25.2 Å². The van der Waals surface area contributed by atoms with Crippen LogP contribution >= 0.6 is 0 Å². The summed E-state index contributed by atoms with van der Waals surface area (Å²) in [5, 5.41) is 3.63. The normalized spacial score (nSPS) is 16.9. The highest BCUT2D eigenvalue weighted by molar-refractivity contribution is 5.70. The number of hydrogen-bond acceptors (Lipinski definition) is 4. The molecule has 1 aromatic carbocycles. The van der Waals surface area contributed by atoms with E-state index in [4.69, 9.17) is 4.74 Å². The number of hydrogen-bond donors (Lipinski definition) is 1. The fourth-order valence-corrected chi connectivity index (χ4v) is 2.59. The number of anilines is 1. The van der Waals surface area contributed by atoms with Gasteiger partial charge in [-0.25, -0.2) is 0 Å². The van der Waals surface area contributed by atoms with Gasteiger partial charge in [0, 0.05) is 18.2 Å². The lowest BCUT2D eigenvalue weighted by molar-refractivity contribution is -0.140. The average molecular weight is 276 g/mol. The smallest absolute Gasteiger partial charge is 0.305 e. The Hall–Kier alpha value is -1.55. The molecular formula is C16H24N2O2. The van der Waals surface area contributed by atoms with Crippen LogP contribution in [0.15, 0.2) is 24.3 Å². The number of nitrogens with zero attached hydrogens (tertiary/aromatic N) is 1. The Balaban J connectivity index is 1.95. The van der Waals surface area contributed by atoms with Crippen molar-refractivity contribution in [2.24, 2.45) is 0 Å². The number of likely N-dealkylation sites (tertiary alicyclic amines) is 1. The molecule has 1 N–H and O–H groups in total. The van der Waals surface area contributed by atoms with Crippen LogP contribution in [0.5, 0.6) is 0 Å². The highest BCUT2D eigenvalue weighted by Gasteiger charge is 2.17. The minimum Gasteiger partial charge on any atom is -0.469 e. The Morgan fingerprint density at radius 2 is 2.05 bits per heavy atom. The fraction of sp³-hybridized carbons (Fsp3) is 0.562. The van der Waals surface area contributed by atoms with Gasteiger partial charge in [0.05, 0.1) is 7.11 Å². The Morgan fingerprint density at radius 1 is 1.35 bits per heavy atom. The molecule has 0 amide bonds. The predicted molar refractivity (Wildman–Crippen MR) is 80.9 cm³/mol. The van der Waals surface area contributed by atoms with E-state index >= 15 is 0 Å². The summed E-state index contributed by atoms with van der Waals surface area (Å²) in [5.74, 6) is -0.154. The van der Waals surface area contributed by atoms with Gasteiger partial charge < -0.3 is 15.0 Å². The zero-order valence-electron chi connectivity index (χ0n) is 12.4. The molecule has 1 saturated heterocycles. The van der Waals surface area contributed by atoms with Crippen molar-refractivity contribution >= 4 is 11.7 Å². The number of aryl methyl sites for hydroxylation is 1. The number of esters is 1. The van der Waals surface area contributed by atoms with Crippen molar-refractivity contribution in [2.75, 3.05) is 32.6 Å². The summed E-state index contributed by atoms with van der Waals surface area (Å²) in [6.45, 7) is 2.28. The number of para-hydroxylation sites is 1. The van der Waals surface area contributed by atoms with Gasteiger partial charge in [-0.2, -0.15) is 0 Å². The number of piperidine rings is 1. The zero-order valence-corrected chi connectivity index (χ0v) is 12.4. The van der Waals surface area contributed by atoms with Crippen molar-refractivity contribution in [3.05, 3.63) is 29.8 Å². The molecule has 0 bridgehead atoms. The first-order valence-electron chi connectivity index (χ1n) is 7.29. The van der Waals surface area contributed by atoms with E-state index < -0.39 is 0 Å². The molecule has 1 aromatic rings. The number of nitrogens with one attached hydrogen (secondary N) is 1. The molecule has 4 nitrogen and oxygen atoms in total. The van der Waals surface area contributed by atoms with Crippen LogP contribution < -0.4 is 5.32 Å². The van der Waals surface area contributed by atoms with Crippen molar-refractivity contribution in [3.63, 3.8) is 0 Å². The molecule has 110 valence electrons. The van der Waals surface area contributed by atoms with Gasteiger partial charge in [-0.3, -0.25) is 4.79 Å². The van der Waals surface area contributed by atoms with E-state index in [0.29, 0.717) is 12.5 Å². The summed E-state index contributed by atoms with van der Waals surface area (Å²) in [6.07, 6.45) is 3.49. The van der Waals surface area contributed by atoms with E-state index in [2.05, 4.69) is 29.4 Å². The van der Waals surface area contributed by atoms with Crippen LogP contribution in [-0.2, 0) is 16.0 Å². The van der Waals surface area contributed by atoms with Crippen molar-refractivity contribution < 1.29 is 9.53 Å². The lowest BCUT2D eigenvalue weighted by atomic mass is 10.0. The van der Waals surface area contributed by atoms with Crippen LogP contribution in [0.2, 0.25) is 0 Å². The minimum absolute atomic E-state index is 0.154. The van der Waals surface area contributed by atoms with Crippen LogP contribution in [0, 0.1) is 0 Å². The molecule has 0 aliphatic carbocycles. The molecule has 1 aliphatic heterocycles. The summed E-state index contributed by atoms with van der Waals surface area (Å²) in [5.41, 5.74) is 2.35. The van der Waals surface area contributed by atoms with E-state index in [1.165, 1.54) is 25.5 Å². The van der Waals surface area contributed by atoms with Gasteiger partial charge in [-0.1, -0.05) is 18.2 Å². The molecule has 4 heteroatoms. The van der Waals surface area contributed by atoms with Gasteiger partial charge in [0.2, 0.25) is 0 Å². The molecule has 0 saturated carbocycles. The van der Waals surface area contributed by atoms with E-state index in [1.807, 2.05) is 12.1 Å². The number of carbonyl (C=O) groups is 1. The maximum atomic E-state index is 11.3. The minimum atomic E-state index is -0.154. The van der Waals surface area contributed by atoms with E-state index in [-0.39, 0.29) is 5.97 Å². The molecule has 0 atom stereocenters. The first kappa shape index (κ1) is 14.9. The fourth-order valence-electron chi connectivity index (χ4n) is 2.59. The summed E-state index contributed by atoms with van der Waals surface area (Å²) in [6, 6.07) is 8.78. The second-order valence-electron chi connectivity index (χ2n) is 5.46. The molecule has 1 fully saturated rings. The molecule has 1 aliphatic rings. The number of benzene rings is 1. The zero-order chi connectivity index (χ0) is 14.4. The Bertz CT molecular complexity index is 440. The average Bonchev–Trinajstić information content (AvgIpc) is 2.48. The topological polar surface area (TPSA) is 41.6 Å². The van der Waals surface area contributed by atoms with Gasteiger partial charge in [-0.05, 0) is 51.0 Å². The molecule has 20 heavy (non-hydrogen) atoms. The third kappa shape index (κ3) is 4.23. The Morgan fingerprint density at radius 3 is 2.75 bits per heavy atom. The van der Waals surface area contributed by atoms with Gasteiger partial charge in [0.25, 0.3) is 0 Å². The highest BCUT2D eigenvalue weighted by Crippen LogP contribution is 2.21. The number of rotatable bonds is 5. The van der Waals surface area contributed by atoms with Crippen LogP contribution in [0.1, 0.15) is 24.8 Å². The Kier molecular flexibility index (Phi) is 5.41. The van der Waals surface area contributed by atoms with E-state index in [9.17, 15) is 4.79 Å². The number of ether oxygens (including phenoxy) is 1. The van der Waals surface area contributed by atoms with Crippen LogP contribution in [0.4, 0.5) is 5.69 Å². The summed E-state index contributed by atoms with van der Waals surface area (Å²) >= 11 is 0. The quantitative estimate of drug-likeness (QED) is 0.838. The molecular weight excluding hydrogens is 252 g/mol. The summed E-state index contributed by atoms with van der Waals surface area (Å²) in [4.78, 5) is 13.6. The van der Waals surface area contributed by atoms with Crippen LogP contribution in [0.3, 0.4) is 0 Å². The third-order valence-corrected chi connectivity index (χ3v) is 3.92. The van der Waals surface area contributed by atoms with Crippen molar-refractivity contribution in [3.8, 4) is 0 Å². The largest absolute Gasteiger partial charge is 0.469 e. The van der Waals surface area contributed by atoms with Gasteiger partial charge in [0.1, 0.15) is 0 Å². The highest BCUT2D eigenvalue weighted by atomic mass is 16.5. The van der Waals surface area contributed by atoms with Crippen LogP contribution in [0.25, 0.3) is 0 Å². The number of carbonyl (C=O) groups excluding carboxylic acids is 1. The number of methoxy groups -OCH3 is 1. The van der Waals surface area contributed by atoms with Crippen molar-refractivity contribution in [1.82, 2.24) is 4.90 Å². The SMILES string of the molecule is COC(=O)CCc1ccccc1NC1CCN(C)CC1. The predicted octanol–water partition coefficient (Wildman–Crippen LogP) is 2.30. The Labute approximate surface area is 121 Å². The third-order valence-electron chi connectivity index (χ3n) is 3.92. The standard InChI is InChI=1S/C16H24N2O2/c1-18-11-9-14(10-12-18)17-15-6-4-3-5-13(15)7-8-16(19)20-2/h3-6,14,17H,7-12H2,1-2H3. The van der Waals surface area contributed by atoms with Gasteiger partial charge in [-0.15, -0.1) is 0 Å². The summed E-state index contributed by atoms with van der Waals surface area (Å²) < 4.78 is 4.71. The first-order chi connectivity index (χ1) is 9.69. The molecule has 0 aromatic heterocycles. The summed E-state index contributed by atoms with van der Waals surface area (Å²) in [7, 11) is 3.60. The lowest BCUT2D eigenvalue weighted by Crippen LogP contribution is -2.36. The van der Waals surface area contributed by atoms with Crippen molar-refractivity contribution in [1.29, 1.82) is 0 Å². The maximum Gasteiger partial charge on any atom is 0.305 e. The molecule has 0 spiro atoms. The molecule has 2 rings (SSSR count). The van der Waals surface area contributed by atoms with Crippen molar-refractivity contribution in [2.45, 2.75) is 31.7 Å². The van der Waals surface area contributed by atoms with Crippen LogP contribution in [-0.4, -0.2) is 44.2 Å². The molecule has 0 radical (unpaired) electrons. The van der Waals surface area contributed by atoms with Gasteiger partial charge in [0.15, 0.2) is 0 Å². The second-order valence-corrected chi connectivity index (χ2v) is 5.46.